The Kier molecular flexibility index (Phi) is 2.50. The zero-order valence-electron chi connectivity index (χ0n) is 9.28. The topological polar surface area (TPSA) is 25.8 Å². The Morgan fingerprint density at radius 2 is 1.73 bits per heavy atom. The highest BCUT2D eigenvalue weighted by Gasteiger charge is 2.06. The Morgan fingerprint density at radius 3 is 2.40 bits per heavy atom. The lowest BCUT2D eigenvalue weighted by Gasteiger charge is -2.09. The van der Waals surface area contributed by atoms with Crippen LogP contribution >= 0.6 is 0 Å². The van der Waals surface area contributed by atoms with E-state index in [0.717, 1.165) is 5.69 Å². The molecule has 0 aliphatic heterocycles. The minimum atomic E-state index is 0.943. The first-order chi connectivity index (χ1) is 7.20. The minimum absolute atomic E-state index is 0.943. The van der Waals surface area contributed by atoms with E-state index in [1.54, 1.807) is 6.20 Å². The average molecular weight is 198 g/mol. The summed E-state index contributed by atoms with van der Waals surface area (Å²) in [5.74, 6) is 0. The molecule has 2 rings (SSSR count). The maximum Gasteiger partial charge on any atom is 0.0932 e. The fourth-order valence-electron chi connectivity index (χ4n) is 1.68. The number of nitrogens with zero attached hydrogens (tertiary/aromatic N) is 2. The summed E-state index contributed by atoms with van der Waals surface area (Å²) in [5.41, 5.74) is 6.05. The summed E-state index contributed by atoms with van der Waals surface area (Å²) in [5, 5.41) is 8.03. The van der Waals surface area contributed by atoms with E-state index in [1.807, 2.05) is 12.1 Å². The van der Waals surface area contributed by atoms with Gasteiger partial charge in [0.05, 0.1) is 5.69 Å². The molecule has 0 N–H and O–H groups in total. The van der Waals surface area contributed by atoms with E-state index in [4.69, 9.17) is 0 Å². The van der Waals surface area contributed by atoms with E-state index in [2.05, 4.69) is 43.1 Å². The highest BCUT2D eigenvalue weighted by Crippen LogP contribution is 2.24. The maximum absolute atomic E-state index is 4.13. The summed E-state index contributed by atoms with van der Waals surface area (Å²) in [4.78, 5) is 0. The molecule has 0 bridgehead atoms. The van der Waals surface area contributed by atoms with Crippen molar-refractivity contribution in [3.63, 3.8) is 0 Å². The quantitative estimate of drug-likeness (QED) is 0.703. The average Bonchev–Trinajstić information content (AvgIpc) is 2.27. The van der Waals surface area contributed by atoms with Crippen LogP contribution in [0, 0.1) is 20.8 Å². The number of hydrogen-bond acceptors (Lipinski definition) is 2. The van der Waals surface area contributed by atoms with Gasteiger partial charge in [0.1, 0.15) is 0 Å². The molecule has 2 nitrogen and oxygen atoms in total. The van der Waals surface area contributed by atoms with Crippen molar-refractivity contribution in [1.82, 2.24) is 10.2 Å². The Balaban J connectivity index is 2.60. The minimum Gasteiger partial charge on any atom is -0.159 e. The Hall–Kier alpha value is -1.70. The molecule has 0 radical (unpaired) electrons. The van der Waals surface area contributed by atoms with Gasteiger partial charge in [-0.1, -0.05) is 12.1 Å². The van der Waals surface area contributed by atoms with Crippen molar-refractivity contribution in [2.45, 2.75) is 20.8 Å². The van der Waals surface area contributed by atoms with Gasteiger partial charge in [-0.15, -0.1) is 0 Å². The van der Waals surface area contributed by atoms with E-state index < -0.39 is 0 Å². The van der Waals surface area contributed by atoms with Gasteiger partial charge in [-0.2, -0.15) is 10.2 Å². The van der Waals surface area contributed by atoms with Crippen LogP contribution in [0.15, 0.2) is 30.5 Å². The van der Waals surface area contributed by atoms with Crippen molar-refractivity contribution in [2.75, 3.05) is 0 Å². The Morgan fingerprint density at radius 1 is 0.933 bits per heavy atom. The molecule has 0 atom stereocenters. The van der Waals surface area contributed by atoms with E-state index in [-0.39, 0.29) is 0 Å². The Bertz CT molecular complexity index is 475. The highest BCUT2D eigenvalue weighted by molar-refractivity contribution is 5.65. The molecule has 2 heteroatoms. The summed E-state index contributed by atoms with van der Waals surface area (Å²) < 4.78 is 0. The monoisotopic (exact) mass is 198 g/mol. The molecule has 0 fully saturated rings. The van der Waals surface area contributed by atoms with Gasteiger partial charge in [0.15, 0.2) is 0 Å². The predicted molar refractivity (Wildman–Crippen MR) is 61.7 cm³/mol. The van der Waals surface area contributed by atoms with Crippen molar-refractivity contribution in [2.24, 2.45) is 0 Å². The molecular formula is C13H14N2. The van der Waals surface area contributed by atoms with Gasteiger partial charge in [-0.05, 0) is 49.6 Å². The molecule has 1 heterocycles. The smallest absolute Gasteiger partial charge is 0.0932 e. The third-order valence-electron chi connectivity index (χ3n) is 2.91. The predicted octanol–water partition coefficient (Wildman–Crippen LogP) is 3.07. The zero-order chi connectivity index (χ0) is 10.8. The number of aryl methyl sites for hydroxylation is 1. The van der Waals surface area contributed by atoms with Gasteiger partial charge >= 0.3 is 0 Å². The second-order valence-corrected chi connectivity index (χ2v) is 3.79. The standard InChI is InChI=1S/C13H14N2/c1-9-6-7-12(11(3)10(9)2)13-5-4-8-14-15-13/h4-8H,1-3H3. The van der Waals surface area contributed by atoms with Crippen LogP contribution in [0.25, 0.3) is 11.3 Å². The summed E-state index contributed by atoms with van der Waals surface area (Å²) >= 11 is 0. The van der Waals surface area contributed by atoms with Crippen molar-refractivity contribution in [3.05, 3.63) is 47.2 Å². The van der Waals surface area contributed by atoms with Crippen molar-refractivity contribution < 1.29 is 0 Å². The summed E-state index contributed by atoms with van der Waals surface area (Å²) in [6, 6.07) is 8.15. The van der Waals surface area contributed by atoms with Crippen LogP contribution in [-0.2, 0) is 0 Å². The van der Waals surface area contributed by atoms with E-state index >= 15 is 0 Å². The van der Waals surface area contributed by atoms with Crippen LogP contribution in [0.4, 0.5) is 0 Å². The molecule has 0 aliphatic carbocycles. The lowest BCUT2D eigenvalue weighted by molar-refractivity contribution is 1.03. The first-order valence-corrected chi connectivity index (χ1v) is 5.05. The summed E-state index contributed by atoms with van der Waals surface area (Å²) in [6.07, 6.45) is 1.69. The maximum atomic E-state index is 4.13. The van der Waals surface area contributed by atoms with Crippen LogP contribution in [0.1, 0.15) is 16.7 Å². The lowest BCUT2D eigenvalue weighted by Crippen LogP contribution is -1.93. The van der Waals surface area contributed by atoms with Crippen LogP contribution in [-0.4, -0.2) is 10.2 Å². The molecule has 0 aliphatic rings. The van der Waals surface area contributed by atoms with Gasteiger partial charge in [0, 0.05) is 11.8 Å². The molecular weight excluding hydrogens is 184 g/mol. The molecule has 0 saturated heterocycles. The molecule has 76 valence electrons. The normalized spacial score (nSPS) is 10.3. The van der Waals surface area contributed by atoms with Crippen molar-refractivity contribution in [1.29, 1.82) is 0 Å². The van der Waals surface area contributed by atoms with Gasteiger partial charge in [0.25, 0.3) is 0 Å². The third kappa shape index (κ3) is 1.75. The van der Waals surface area contributed by atoms with Crippen molar-refractivity contribution in [3.8, 4) is 11.3 Å². The van der Waals surface area contributed by atoms with E-state index in [1.165, 1.54) is 22.3 Å². The fraction of sp³-hybridized carbons (Fsp3) is 0.231. The number of aromatic nitrogens is 2. The second-order valence-electron chi connectivity index (χ2n) is 3.79. The molecule has 15 heavy (non-hydrogen) atoms. The summed E-state index contributed by atoms with van der Waals surface area (Å²) in [7, 11) is 0. The van der Waals surface area contributed by atoms with Gasteiger partial charge in [-0.3, -0.25) is 0 Å². The molecule has 0 amide bonds. The van der Waals surface area contributed by atoms with Crippen molar-refractivity contribution >= 4 is 0 Å². The first kappa shape index (κ1) is 9.84. The van der Waals surface area contributed by atoms with Crippen LogP contribution < -0.4 is 0 Å². The van der Waals surface area contributed by atoms with Gasteiger partial charge in [-0.25, -0.2) is 0 Å². The fourth-order valence-corrected chi connectivity index (χ4v) is 1.68. The molecule has 0 unspecified atom stereocenters. The van der Waals surface area contributed by atoms with Crippen LogP contribution in [0.3, 0.4) is 0 Å². The van der Waals surface area contributed by atoms with Crippen LogP contribution in [0.2, 0.25) is 0 Å². The van der Waals surface area contributed by atoms with Crippen LogP contribution in [0.5, 0.6) is 0 Å². The second kappa shape index (κ2) is 3.81. The highest BCUT2D eigenvalue weighted by atomic mass is 15.1. The molecule has 0 saturated carbocycles. The van der Waals surface area contributed by atoms with E-state index in [0.29, 0.717) is 0 Å². The first-order valence-electron chi connectivity index (χ1n) is 5.05. The van der Waals surface area contributed by atoms with Gasteiger partial charge in [0.2, 0.25) is 0 Å². The summed E-state index contributed by atoms with van der Waals surface area (Å²) in [6.45, 7) is 6.40. The molecule has 1 aromatic carbocycles. The number of benzene rings is 1. The van der Waals surface area contributed by atoms with Gasteiger partial charge < -0.3 is 0 Å². The third-order valence-corrected chi connectivity index (χ3v) is 2.91. The SMILES string of the molecule is Cc1ccc(-c2cccnn2)c(C)c1C. The number of rotatable bonds is 1. The van der Waals surface area contributed by atoms with E-state index in [9.17, 15) is 0 Å². The number of hydrogen-bond donors (Lipinski definition) is 0. The molecule has 2 aromatic rings. The molecule has 1 aromatic heterocycles. The lowest BCUT2D eigenvalue weighted by atomic mass is 9.97. The zero-order valence-corrected chi connectivity index (χ0v) is 9.28. The molecule has 0 spiro atoms. The Labute approximate surface area is 90.0 Å². The largest absolute Gasteiger partial charge is 0.159 e.